The molecule has 3 aliphatic rings. The number of carboxylic acids is 1. The summed E-state index contributed by atoms with van der Waals surface area (Å²) < 4.78 is 40.7. The number of carbonyl (C=O) groups excluding carboxylic acids is 3. The number of hydrogen-bond acceptors (Lipinski definition) is 17. The van der Waals surface area contributed by atoms with E-state index in [0.29, 0.717) is 0 Å². The largest absolute Gasteiger partial charge is 0.479 e. The SMILES string of the molecule is CC(=O)N[C@H]1[C@H](O[C@H]2C[C@H](C(=O)OC(C)(C)C)[C@@H](C(=O)OC(C)(C)C)C[C@H]2O[C@H](C)C(=O)O)O[C@H](CO)[C@@H](O)[C@@H]1O[C@@H]1O[C@H](CO)[C@H](O)[C@H](O)[C@H]1O. The first-order valence-corrected chi connectivity index (χ1v) is 17.1. The van der Waals surface area contributed by atoms with Crippen molar-refractivity contribution in [3.05, 3.63) is 0 Å². The zero-order valence-electron chi connectivity index (χ0n) is 30.6. The fourth-order valence-corrected chi connectivity index (χ4v) is 6.26. The van der Waals surface area contributed by atoms with Crippen LogP contribution in [-0.2, 0) is 52.3 Å². The third kappa shape index (κ3) is 11.2. The molecule has 15 atom stereocenters. The molecule has 0 aromatic carbocycles. The van der Waals surface area contributed by atoms with Gasteiger partial charge < -0.3 is 74.2 Å². The van der Waals surface area contributed by atoms with Crippen LogP contribution in [-0.4, -0.2) is 164 Å². The van der Waals surface area contributed by atoms with Crippen molar-refractivity contribution < 1.29 is 88.1 Å². The molecule has 19 nitrogen and oxygen atoms in total. The van der Waals surface area contributed by atoms with Gasteiger partial charge in [0.25, 0.3) is 0 Å². The molecule has 0 aromatic rings. The van der Waals surface area contributed by atoms with E-state index in [1.54, 1.807) is 41.5 Å². The maximum atomic E-state index is 13.6. The summed E-state index contributed by atoms with van der Waals surface area (Å²) in [6, 6.07) is -1.48. The van der Waals surface area contributed by atoms with E-state index in [4.69, 9.17) is 33.2 Å². The van der Waals surface area contributed by atoms with E-state index in [0.717, 1.165) is 6.92 Å². The molecule has 0 unspecified atom stereocenters. The molecule has 1 amide bonds. The molecular formula is C33H55NO18. The van der Waals surface area contributed by atoms with E-state index >= 15 is 0 Å². The van der Waals surface area contributed by atoms with E-state index < -0.39 is 140 Å². The normalized spacial score (nSPS) is 37.8. The predicted molar refractivity (Wildman–Crippen MR) is 173 cm³/mol. The van der Waals surface area contributed by atoms with E-state index in [9.17, 15) is 54.9 Å². The van der Waals surface area contributed by atoms with Crippen molar-refractivity contribution in [3.8, 4) is 0 Å². The van der Waals surface area contributed by atoms with Crippen LogP contribution in [0.15, 0.2) is 0 Å². The van der Waals surface area contributed by atoms with Gasteiger partial charge in [-0.05, 0) is 61.3 Å². The fourth-order valence-electron chi connectivity index (χ4n) is 6.26. The average molecular weight is 754 g/mol. The molecule has 8 N–H and O–H groups in total. The van der Waals surface area contributed by atoms with E-state index in [2.05, 4.69) is 5.32 Å². The van der Waals surface area contributed by atoms with Crippen LogP contribution in [0.3, 0.4) is 0 Å². The van der Waals surface area contributed by atoms with Crippen LogP contribution in [0.4, 0.5) is 0 Å². The van der Waals surface area contributed by atoms with Crippen molar-refractivity contribution in [2.75, 3.05) is 13.2 Å². The van der Waals surface area contributed by atoms with Crippen LogP contribution in [0, 0.1) is 11.8 Å². The Hall–Kier alpha value is -2.56. The zero-order chi connectivity index (χ0) is 39.5. The van der Waals surface area contributed by atoms with Crippen molar-refractivity contribution in [2.45, 2.75) is 159 Å². The second kappa shape index (κ2) is 17.7. The van der Waals surface area contributed by atoms with Crippen LogP contribution in [0.2, 0.25) is 0 Å². The minimum absolute atomic E-state index is 0.282. The van der Waals surface area contributed by atoms with Gasteiger partial charge in [-0.25, -0.2) is 4.79 Å². The summed E-state index contributed by atoms with van der Waals surface area (Å²) in [7, 11) is 0. The predicted octanol–water partition coefficient (Wildman–Crippen LogP) is -2.29. The fraction of sp³-hybridized carbons (Fsp3) is 0.879. The van der Waals surface area contributed by atoms with Gasteiger partial charge >= 0.3 is 17.9 Å². The van der Waals surface area contributed by atoms with Gasteiger partial charge in [-0.2, -0.15) is 0 Å². The highest BCUT2D eigenvalue weighted by molar-refractivity contribution is 5.83. The van der Waals surface area contributed by atoms with E-state index in [1.807, 2.05) is 0 Å². The van der Waals surface area contributed by atoms with Gasteiger partial charge in [0.2, 0.25) is 5.91 Å². The molecule has 0 spiro atoms. The van der Waals surface area contributed by atoms with Crippen LogP contribution < -0.4 is 5.32 Å². The van der Waals surface area contributed by atoms with Crippen LogP contribution in [0.5, 0.6) is 0 Å². The number of nitrogens with one attached hydrogen (secondary N) is 1. The number of aliphatic carboxylic acids is 1. The number of carboxylic acid groups (broad SMARTS) is 1. The van der Waals surface area contributed by atoms with Crippen LogP contribution in [0.25, 0.3) is 0 Å². The molecule has 2 saturated heterocycles. The number of carbonyl (C=O) groups is 4. The Morgan fingerprint density at radius 1 is 0.731 bits per heavy atom. The first-order chi connectivity index (χ1) is 24.0. The Kier molecular flexibility index (Phi) is 14.9. The number of esters is 2. The summed E-state index contributed by atoms with van der Waals surface area (Å²) in [5.41, 5.74) is -1.93. The Balaban J connectivity index is 2.05. The second-order valence-corrected chi connectivity index (χ2v) is 15.3. The van der Waals surface area contributed by atoms with Gasteiger partial charge in [-0.1, -0.05) is 0 Å². The summed E-state index contributed by atoms with van der Waals surface area (Å²) >= 11 is 0. The lowest BCUT2D eigenvalue weighted by atomic mass is 9.75. The molecule has 19 heteroatoms. The molecule has 3 rings (SSSR count). The highest BCUT2D eigenvalue weighted by Gasteiger charge is 2.54. The maximum Gasteiger partial charge on any atom is 0.332 e. The van der Waals surface area contributed by atoms with Gasteiger partial charge in [-0.15, -0.1) is 0 Å². The second-order valence-electron chi connectivity index (χ2n) is 15.3. The summed E-state index contributed by atoms with van der Waals surface area (Å²) in [4.78, 5) is 51.5. The van der Waals surface area contributed by atoms with Gasteiger partial charge in [-0.3, -0.25) is 14.4 Å². The highest BCUT2D eigenvalue weighted by atomic mass is 16.7. The van der Waals surface area contributed by atoms with Crippen LogP contribution in [0.1, 0.15) is 68.2 Å². The standard InChI is InChI=1S/C33H55NO18/c1-13(27(42)43)46-17-9-15(28(44)51-32(3,4)5)16(29(45)52-33(6,7)8)10-18(17)47-30-21(34-14(2)37)26(23(39)20(12-36)48-30)50-31-25(41)24(40)22(38)19(11-35)49-31/h13,15-26,30-31,35-36,38-41H,9-12H2,1-8H3,(H,34,37)(H,42,43)/t13-,15+,16+,17-,18+,19-,20-,21-,22+,23-,24+,25-,26-,30-,31+/m1/s1. The lowest BCUT2D eigenvalue weighted by Crippen LogP contribution is -2.68. The molecule has 3 fully saturated rings. The lowest BCUT2D eigenvalue weighted by Gasteiger charge is -2.49. The van der Waals surface area contributed by atoms with E-state index in [-0.39, 0.29) is 12.8 Å². The van der Waals surface area contributed by atoms with Crippen molar-refractivity contribution >= 4 is 23.8 Å². The molecule has 0 bridgehead atoms. The molecule has 2 aliphatic heterocycles. The highest BCUT2D eigenvalue weighted by Crippen LogP contribution is 2.40. The Labute approximate surface area is 301 Å². The average Bonchev–Trinajstić information content (AvgIpc) is 3.02. The maximum absolute atomic E-state index is 13.6. The van der Waals surface area contributed by atoms with Crippen molar-refractivity contribution in [3.63, 3.8) is 0 Å². The van der Waals surface area contributed by atoms with Gasteiger partial charge in [0.1, 0.15) is 60.0 Å². The zero-order valence-corrected chi connectivity index (χ0v) is 30.6. The summed E-state index contributed by atoms with van der Waals surface area (Å²) in [6.07, 6.45) is -19.7. The summed E-state index contributed by atoms with van der Waals surface area (Å²) in [6.45, 7) is 10.6. The summed E-state index contributed by atoms with van der Waals surface area (Å²) in [5.74, 6) is -5.96. The van der Waals surface area contributed by atoms with Crippen molar-refractivity contribution in [1.29, 1.82) is 0 Å². The first-order valence-electron chi connectivity index (χ1n) is 17.1. The Morgan fingerprint density at radius 2 is 1.21 bits per heavy atom. The monoisotopic (exact) mass is 753 g/mol. The number of ether oxygens (including phenoxy) is 7. The van der Waals surface area contributed by atoms with E-state index in [1.165, 1.54) is 6.92 Å². The topological polar surface area (TPSA) is 287 Å². The number of amides is 1. The van der Waals surface area contributed by atoms with Crippen molar-refractivity contribution in [1.82, 2.24) is 5.32 Å². The number of hydrogen-bond donors (Lipinski definition) is 8. The third-order valence-electron chi connectivity index (χ3n) is 8.69. The molecule has 0 radical (unpaired) electrons. The number of rotatable bonds is 12. The number of aliphatic hydroxyl groups excluding tert-OH is 6. The molecule has 52 heavy (non-hydrogen) atoms. The van der Waals surface area contributed by atoms with Gasteiger partial charge in [0.05, 0.1) is 37.3 Å². The van der Waals surface area contributed by atoms with Crippen LogP contribution >= 0.6 is 0 Å². The minimum Gasteiger partial charge on any atom is -0.479 e. The first kappa shape index (κ1) is 43.8. The third-order valence-corrected chi connectivity index (χ3v) is 8.69. The lowest BCUT2D eigenvalue weighted by molar-refractivity contribution is -0.350. The minimum atomic E-state index is -1.91. The Morgan fingerprint density at radius 3 is 1.67 bits per heavy atom. The van der Waals surface area contributed by atoms with Gasteiger partial charge in [0.15, 0.2) is 18.7 Å². The number of aliphatic hydroxyl groups is 6. The quantitative estimate of drug-likeness (QED) is 0.0973. The molecule has 1 aliphatic carbocycles. The van der Waals surface area contributed by atoms with Gasteiger partial charge in [0, 0.05) is 6.92 Å². The molecule has 2 heterocycles. The smallest absolute Gasteiger partial charge is 0.332 e. The summed E-state index contributed by atoms with van der Waals surface area (Å²) in [5, 5.41) is 74.4. The molecular weight excluding hydrogens is 698 g/mol. The molecule has 300 valence electrons. The Bertz CT molecular complexity index is 1230. The molecule has 0 aromatic heterocycles. The van der Waals surface area contributed by atoms with Crippen molar-refractivity contribution in [2.24, 2.45) is 11.8 Å². The molecule has 1 saturated carbocycles.